The number of anilines is 2. The third-order valence-electron chi connectivity index (χ3n) is 5.84. The number of nitrogens with one attached hydrogen (secondary N) is 2. The Kier molecular flexibility index (Phi) is 5.85. The second kappa shape index (κ2) is 9.11. The molecule has 0 atom stereocenters. The number of hydrogen-bond donors (Lipinski definition) is 2. The van der Waals surface area contributed by atoms with Gasteiger partial charge in [-0.15, -0.1) is 0 Å². The quantitative estimate of drug-likeness (QED) is 0.451. The molecule has 1 aromatic heterocycles. The van der Waals surface area contributed by atoms with Crippen molar-refractivity contribution >= 4 is 28.3 Å². The number of ether oxygens (including phenoxy) is 1. The fourth-order valence-electron chi connectivity index (χ4n) is 3.94. The predicted molar refractivity (Wildman–Crippen MR) is 127 cm³/mol. The van der Waals surface area contributed by atoms with Gasteiger partial charge in [0.05, 0.1) is 5.52 Å². The number of H-pyrrole nitrogens is 1. The molecule has 1 fully saturated rings. The topological polar surface area (TPSA) is 73.5 Å². The average Bonchev–Trinajstić information content (AvgIpc) is 3.21. The summed E-state index contributed by atoms with van der Waals surface area (Å²) >= 11 is 0. The maximum atomic E-state index is 13.5. The van der Waals surface area contributed by atoms with Crippen LogP contribution in [0, 0.1) is 11.6 Å². The molecule has 0 spiro atoms. The molecule has 2 heterocycles. The number of aromatic nitrogens is 2. The van der Waals surface area contributed by atoms with E-state index in [4.69, 9.17) is 4.74 Å². The largest absolute Gasteiger partial charge is 0.457 e. The fraction of sp³-hybridized carbons (Fsp3) is 0.200. The number of rotatable bonds is 5. The number of piperazine rings is 1. The summed E-state index contributed by atoms with van der Waals surface area (Å²) in [6, 6.07) is 15.5. The molecule has 9 heteroatoms. The van der Waals surface area contributed by atoms with Crippen LogP contribution in [-0.2, 0) is 0 Å². The molecule has 34 heavy (non-hydrogen) atoms. The number of amides is 1. The molecule has 4 aromatic rings. The van der Waals surface area contributed by atoms with Gasteiger partial charge in [0.25, 0.3) is 5.91 Å². The van der Waals surface area contributed by atoms with E-state index in [1.165, 1.54) is 0 Å². The van der Waals surface area contributed by atoms with Gasteiger partial charge in [-0.3, -0.25) is 9.89 Å². The zero-order valence-corrected chi connectivity index (χ0v) is 18.5. The third-order valence-corrected chi connectivity index (χ3v) is 5.84. The molecule has 5 rings (SSSR count). The first-order valence-electron chi connectivity index (χ1n) is 10.9. The van der Waals surface area contributed by atoms with Crippen molar-refractivity contribution in [1.29, 1.82) is 0 Å². The van der Waals surface area contributed by atoms with Crippen LogP contribution in [0.1, 0.15) is 10.4 Å². The highest BCUT2D eigenvalue weighted by Gasteiger charge is 2.16. The van der Waals surface area contributed by atoms with E-state index < -0.39 is 11.6 Å². The van der Waals surface area contributed by atoms with E-state index in [-0.39, 0.29) is 11.7 Å². The minimum Gasteiger partial charge on any atom is -0.457 e. The highest BCUT2D eigenvalue weighted by Crippen LogP contribution is 2.29. The minimum absolute atomic E-state index is 0.0337. The van der Waals surface area contributed by atoms with Crippen molar-refractivity contribution in [2.24, 2.45) is 0 Å². The summed E-state index contributed by atoms with van der Waals surface area (Å²) < 4.78 is 32.5. The molecular weight excluding hydrogens is 440 g/mol. The van der Waals surface area contributed by atoms with E-state index in [2.05, 4.69) is 32.4 Å². The van der Waals surface area contributed by atoms with E-state index in [0.717, 1.165) is 50.1 Å². The van der Waals surface area contributed by atoms with Gasteiger partial charge in [-0.05, 0) is 49.5 Å². The number of likely N-dealkylation sites (N-methyl/N-ethyl adjacent to an activating group) is 1. The third kappa shape index (κ3) is 4.69. The van der Waals surface area contributed by atoms with Crippen molar-refractivity contribution in [3.8, 4) is 11.5 Å². The Morgan fingerprint density at radius 2 is 1.65 bits per heavy atom. The predicted octanol–water partition coefficient (Wildman–Crippen LogP) is 4.64. The zero-order chi connectivity index (χ0) is 23.7. The number of halogens is 2. The first-order valence-corrected chi connectivity index (χ1v) is 10.9. The van der Waals surface area contributed by atoms with Gasteiger partial charge in [0, 0.05) is 61.0 Å². The van der Waals surface area contributed by atoms with E-state index in [9.17, 15) is 13.6 Å². The Bertz CT molecular complexity index is 1310. The molecule has 1 amide bonds. The maximum absolute atomic E-state index is 13.5. The summed E-state index contributed by atoms with van der Waals surface area (Å²) in [6.45, 7) is 3.92. The van der Waals surface area contributed by atoms with Crippen LogP contribution in [0.15, 0.2) is 60.7 Å². The number of aromatic amines is 1. The van der Waals surface area contributed by atoms with Gasteiger partial charge in [-0.25, -0.2) is 8.78 Å². The van der Waals surface area contributed by atoms with Crippen molar-refractivity contribution in [2.45, 2.75) is 0 Å². The average molecular weight is 463 g/mol. The highest BCUT2D eigenvalue weighted by atomic mass is 19.1. The normalized spacial score (nSPS) is 14.4. The lowest BCUT2D eigenvalue weighted by molar-refractivity contribution is 0.102. The first kappa shape index (κ1) is 21.8. The number of carbonyl (C=O) groups is 1. The molecule has 7 nitrogen and oxygen atoms in total. The molecule has 0 aliphatic carbocycles. The highest BCUT2D eigenvalue weighted by molar-refractivity contribution is 6.08. The Morgan fingerprint density at radius 1 is 0.941 bits per heavy atom. The number of benzene rings is 3. The molecule has 2 N–H and O–H groups in total. The second-order valence-electron chi connectivity index (χ2n) is 8.28. The van der Waals surface area contributed by atoms with Crippen LogP contribution in [0.3, 0.4) is 0 Å². The van der Waals surface area contributed by atoms with Crippen LogP contribution in [0.25, 0.3) is 10.9 Å². The fourth-order valence-corrected chi connectivity index (χ4v) is 3.94. The second-order valence-corrected chi connectivity index (χ2v) is 8.28. The van der Waals surface area contributed by atoms with Gasteiger partial charge < -0.3 is 19.9 Å². The summed E-state index contributed by atoms with van der Waals surface area (Å²) in [7, 11) is 2.11. The van der Waals surface area contributed by atoms with Gasteiger partial charge >= 0.3 is 0 Å². The van der Waals surface area contributed by atoms with Crippen LogP contribution < -0.4 is 15.0 Å². The van der Waals surface area contributed by atoms with Crippen LogP contribution in [0.5, 0.6) is 11.5 Å². The van der Waals surface area contributed by atoms with Crippen LogP contribution in [0.4, 0.5) is 20.3 Å². The standard InChI is InChI=1S/C25H23F2N5O2/c1-31-8-10-32(11-9-31)19-4-2-16(3-5-19)25(33)28-24-22-15-20(6-7-23(22)29-30-24)34-21-13-17(26)12-18(27)14-21/h2-7,12-15H,8-11H2,1H3,(H2,28,29,30,33). The van der Waals surface area contributed by atoms with Gasteiger partial charge in [0.2, 0.25) is 0 Å². The maximum Gasteiger partial charge on any atom is 0.256 e. The van der Waals surface area contributed by atoms with Crippen molar-refractivity contribution in [3.05, 3.63) is 77.9 Å². The molecule has 0 unspecified atom stereocenters. The lowest BCUT2D eigenvalue weighted by Gasteiger charge is -2.34. The SMILES string of the molecule is CN1CCN(c2ccc(C(=O)Nc3n[nH]c4ccc(Oc5cc(F)cc(F)c5)cc34)cc2)CC1. The van der Waals surface area contributed by atoms with Crippen molar-refractivity contribution in [3.63, 3.8) is 0 Å². The summed E-state index contributed by atoms with van der Waals surface area (Å²) in [5, 5.41) is 10.5. The Hall–Kier alpha value is -3.98. The van der Waals surface area contributed by atoms with E-state index >= 15 is 0 Å². The zero-order valence-electron chi connectivity index (χ0n) is 18.5. The molecule has 0 radical (unpaired) electrons. The molecule has 174 valence electrons. The number of nitrogens with zero attached hydrogens (tertiary/aromatic N) is 3. The van der Waals surface area contributed by atoms with Gasteiger partial charge in [0.15, 0.2) is 5.82 Å². The van der Waals surface area contributed by atoms with E-state index in [1.54, 1.807) is 30.3 Å². The first-order chi connectivity index (χ1) is 16.4. The molecule has 0 saturated carbocycles. The summed E-state index contributed by atoms with van der Waals surface area (Å²) in [4.78, 5) is 17.4. The van der Waals surface area contributed by atoms with Crippen LogP contribution >= 0.6 is 0 Å². The lowest BCUT2D eigenvalue weighted by atomic mass is 10.1. The van der Waals surface area contributed by atoms with Crippen molar-refractivity contribution < 1.29 is 18.3 Å². The Balaban J connectivity index is 1.31. The molecular formula is C25H23F2N5O2. The van der Waals surface area contributed by atoms with Crippen molar-refractivity contribution in [1.82, 2.24) is 15.1 Å². The summed E-state index contributed by atoms with van der Waals surface area (Å²) in [5.41, 5.74) is 2.28. The Labute approximate surface area is 194 Å². The molecule has 1 aliphatic heterocycles. The van der Waals surface area contributed by atoms with Gasteiger partial charge in [-0.1, -0.05) is 0 Å². The number of hydrogen-bond acceptors (Lipinski definition) is 5. The van der Waals surface area contributed by atoms with Crippen LogP contribution in [-0.4, -0.2) is 54.2 Å². The van der Waals surface area contributed by atoms with Gasteiger partial charge in [-0.2, -0.15) is 5.10 Å². The number of fused-ring (bicyclic) bond motifs is 1. The minimum atomic E-state index is -0.731. The smallest absolute Gasteiger partial charge is 0.256 e. The van der Waals surface area contributed by atoms with E-state index in [1.807, 2.05) is 12.1 Å². The molecule has 0 bridgehead atoms. The molecule has 3 aromatic carbocycles. The number of carbonyl (C=O) groups excluding carboxylic acids is 1. The summed E-state index contributed by atoms with van der Waals surface area (Å²) in [5.74, 6) is -1.04. The monoisotopic (exact) mass is 463 g/mol. The Morgan fingerprint density at radius 3 is 2.35 bits per heavy atom. The lowest BCUT2D eigenvalue weighted by Crippen LogP contribution is -2.44. The van der Waals surface area contributed by atoms with E-state index in [0.29, 0.717) is 28.0 Å². The van der Waals surface area contributed by atoms with Crippen molar-refractivity contribution in [2.75, 3.05) is 43.4 Å². The summed E-state index contributed by atoms with van der Waals surface area (Å²) in [6.07, 6.45) is 0. The molecule has 1 saturated heterocycles. The molecule has 1 aliphatic rings. The van der Waals surface area contributed by atoms with Crippen LogP contribution in [0.2, 0.25) is 0 Å². The van der Waals surface area contributed by atoms with Gasteiger partial charge in [0.1, 0.15) is 23.1 Å².